The van der Waals surface area contributed by atoms with Gasteiger partial charge < -0.3 is 30.7 Å². The number of benzene rings is 1. The summed E-state index contributed by atoms with van der Waals surface area (Å²) >= 11 is 1.33. The summed E-state index contributed by atoms with van der Waals surface area (Å²) in [6.45, 7) is -0.0102. The van der Waals surface area contributed by atoms with Crippen molar-refractivity contribution in [2.45, 2.75) is 37.8 Å². The monoisotopic (exact) mass is 499 g/mol. The molecule has 1 aliphatic carbocycles. The van der Waals surface area contributed by atoms with E-state index in [2.05, 4.69) is 25.6 Å². The number of aliphatic hydroxyl groups excluding tert-OH is 3. The molecule has 184 valence electrons. The van der Waals surface area contributed by atoms with E-state index in [-0.39, 0.29) is 24.8 Å². The Labute approximate surface area is 196 Å². The molecule has 4 atom stereocenters. The fourth-order valence-electron chi connectivity index (χ4n) is 4.01. The van der Waals surface area contributed by atoms with Crippen LogP contribution in [0.15, 0.2) is 18.2 Å². The molecule has 2 heterocycles. The molecular weight excluding hydrogens is 475 g/mol. The molecule has 1 aromatic carbocycles. The Morgan fingerprint density at radius 1 is 1.18 bits per heavy atom. The Morgan fingerprint density at radius 2 is 1.94 bits per heavy atom. The SMILES string of the molecule is COc1cccc2sc(-c3c(C)nc(NCC(F)(F)F)nc3NC3CC(CO)C(O)C3O)nc12. The summed E-state index contributed by atoms with van der Waals surface area (Å²) < 4.78 is 44.4. The summed E-state index contributed by atoms with van der Waals surface area (Å²) in [6, 6.07) is 4.76. The van der Waals surface area contributed by atoms with Crippen LogP contribution in [-0.4, -0.2) is 75.0 Å². The topological polar surface area (TPSA) is 133 Å². The molecule has 1 fully saturated rings. The van der Waals surface area contributed by atoms with Gasteiger partial charge in [0.2, 0.25) is 5.95 Å². The molecule has 0 radical (unpaired) electrons. The van der Waals surface area contributed by atoms with Gasteiger partial charge in [-0.2, -0.15) is 18.2 Å². The Kier molecular flexibility index (Phi) is 6.80. The number of anilines is 2. The molecule has 1 aliphatic rings. The van der Waals surface area contributed by atoms with Gasteiger partial charge in [0.25, 0.3) is 0 Å². The standard InChI is InChI=1S/C21H24F3N5O4S/c1-9-14(19-28-15-12(33-2)4-3-5-13(15)34-19)18(29-20(26-9)25-8-21(22,23)24)27-11-6-10(7-30)16(31)17(11)32/h3-5,10-11,16-17,30-32H,6-8H2,1-2H3,(H2,25,26,27,29). The maximum absolute atomic E-state index is 12.7. The number of fused-ring (bicyclic) bond motifs is 1. The minimum Gasteiger partial charge on any atom is -0.494 e. The first-order chi connectivity index (χ1) is 16.1. The van der Waals surface area contributed by atoms with Gasteiger partial charge in [-0.25, -0.2) is 9.97 Å². The minimum absolute atomic E-state index is 0.157. The van der Waals surface area contributed by atoms with Crippen LogP contribution in [0.1, 0.15) is 12.1 Å². The number of rotatable bonds is 7. The Bertz CT molecular complexity index is 1180. The van der Waals surface area contributed by atoms with Crippen LogP contribution >= 0.6 is 11.3 Å². The number of nitrogens with zero attached hydrogens (tertiary/aromatic N) is 3. The Balaban J connectivity index is 1.77. The van der Waals surface area contributed by atoms with Crippen LogP contribution in [0.3, 0.4) is 0 Å². The smallest absolute Gasteiger partial charge is 0.405 e. The molecule has 1 saturated carbocycles. The maximum atomic E-state index is 12.7. The molecule has 0 spiro atoms. The molecule has 0 bridgehead atoms. The van der Waals surface area contributed by atoms with E-state index >= 15 is 0 Å². The molecule has 9 nitrogen and oxygen atoms in total. The minimum atomic E-state index is -4.47. The van der Waals surface area contributed by atoms with Gasteiger partial charge in [0.05, 0.1) is 35.2 Å². The van der Waals surface area contributed by atoms with Gasteiger partial charge in [0.15, 0.2) is 0 Å². The number of nitrogens with one attached hydrogen (secondary N) is 2. The largest absolute Gasteiger partial charge is 0.494 e. The first kappa shape index (κ1) is 24.4. The van der Waals surface area contributed by atoms with Crippen LogP contribution in [0.4, 0.5) is 24.9 Å². The second-order valence-corrected chi connectivity index (χ2v) is 9.09. The van der Waals surface area contributed by atoms with Crippen LogP contribution in [0.25, 0.3) is 20.8 Å². The van der Waals surface area contributed by atoms with Crippen molar-refractivity contribution in [3.05, 3.63) is 23.9 Å². The van der Waals surface area contributed by atoms with Crippen molar-refractivity contribution >= 4 is 33.3 Å². The third-order valence-electron chi connectivity index (χ3n) is 5.71. The lowest BCUT2D eigenvalue weighted by Gasteiger charge is -2.21. The molecule has 4 rings (SSSR count). The van der Waals surface area contributed by atoms with E-state index in [1.807, 2.05) is 12.1 Å². The van der Waals surface area contributed by atoms with Crippen molar-refractivity contribution in [2.24, 2.45) is 5.92 Å². The van der Waals surface area contributed by atoms with E-state index in [1.165, 1.54) is 18.4 Å². The van der Waals surface area contributed by atoms with Gasteiger partial charge in [-0.05, 0) is 25.5 Å². The van der Waals surface area contributed by atoms with Crippen LogP contribution in [0, 0.1) is 12.8 Å². The molecule has 4 unspecified atom stereocenters. The zero-order chi connectivity index (χ0) is 24.6. The highest BCUT2D eigenvalue weighted by Gasteiger charge is 2.41. The molecule has 0 saturated heterocycles. The number of thiazole rings is 1. The number of halogens is 3. The van der Waals surface area contributed by atoms with Gasteiger partial charge in [-0.1, -0.05) is 6.07 Å². The number of aromatic nitrogens is 3. The van der Waals surface area contributed by atoms with Crippen molar-refractivity contribution in [1.82, 2.24) is 15.0 Å². The van der Waals surface area contributed by atoms with Gasteiger partial charge in [-0.15, -0.1) is 11.3 Å². The predicted molar refractivity (Wildman–Crippen MR) is 121 cm³/mol. The van der Waals surface area contributed by atoms with E-state index in [4.69, 9.17) is 4.74 Å². The van der Waals surface area contributed by atoms with Crippen LogP contribution in [-0.2, 0) is 0 Å². The van der Waals surface area contributed by atoms with Crippen molar-refractivity contribution in [3.8, 4) is 16.3 Å². The average Bonchev–Trinajstić information content (AvgIpc) is 3.33. The summed E-state index contributed by atoms with van der Waals surface area (Å²) in [5, 5.41) is 35.8. The quantitative estimate of drug-likeness (QED) is 0.333. The summed E-state index contributed by atoms with van der Waals surface area (Å²) in [4.78, 5) is 13.1. The third-order valence-corrected chi connectivity index (χ3v) is 6.75. The number of ether oxygens (including phenoxy) is 1. The van der Waals surface area contributed by atoms with E-state index in [0.717, 1.165) is 4.70 Å². The summed E-state index contributed by atoms with van der Waals surface area (Å²) in [5.41, 5.74) is 1.44. The zero-order valence-electron chi connectivity index (χ0n) is 18.3. The molecule has 13 heteroatoms. The normalized spacial score (nSPS) is 22.8. The molecule has 5 N–H and O–H groups in total. The number of aliphatic hydroxyl groups is 3. The van der Waals surface area contributed by atoms with E-state index in [1.54, 1.807) is 13.0 Å². The lowest BCUT2D eigenvalue weighted by molar-refractivity contribution is -0.115. The lowest BCUT2D eigenvalue weighted by atomic mass is 10.1. The molecular formula is C21H24F3N5O4S. The van der Waals surface area contributed by atoms with Crippen molar-refractivity contribution in [2.75, 3.05) is 30.9 Å². The number of aryl methyl sites for hydroxylation is 1. The first-order valence-corrected chi connectivity index (χ1v) is 11.3. The predicted octanol–water partition coefficient (Wildman–Crippen LogP) is 2.56. The Hall–Kier alpha value is -2.74. The van der Waals surface area contributed by atoms with Gasteiger partial charge in [-0.3, -0.25) is 0 Å². The maximum Gasteiger partial charge on any atom is 0.405 e. The molecule has 3 aromatic rings. The van der Waals surface area contributed by atoms with E-state index in [9.17, 15) is 28.5 Å². The lowest BCUT2D eigenvalue weighted by Crippen LogP contribution is -2.36. The van der Waals surface area contributed by atoms with Crippen molar-refractivity contribution in [3.63, 3.8) is 0 Å². The van der Waals surface area contributed by atoms with Gasteiger partial charge >= 0.3 is 6.18 Å². The molecule has 0 amide bonds. The van der Waals surface area contributed by atoms with Gasteiger partial charge in [0, 0.05) is 12.5 Å². The van der Waals surface area contributed by atoms with Crippen molar-refractivity contribution in [1.29, 1.82) is 0 Å². The summed E-state index contributed by atoms with van der Waals surface area (Å²) in [7, 11) is 1.53. The van der Waals surface area contributed by atoms with Crippen LogP contribution in [0.5, 0.6) is 5.75 Å². The first-order valence-electron chi connectivity index (χ1n) is 10.5. The fraction of sp³-hybridized carbons (Fsp3) is 0.476. The third kappa shape index (κ3) is 4.87. The van der Waals surface area contributed by atoms with Crippen LogP contribution in [0.2, 0.25) is 0 Å². The van der Waals surface area contributed by atoms with Crippen molar-refractivity contribution < 1.29 is 33.2 Å². The highest BCUT2D eigenvalue weighted by atomic mass is 32.1. The highest BCUT2D eigenvalue weighted by molar-refractivity contribution is 7.21. The Morgan fingerprint density at radius 3 is 2.59 bits per heavy atom. The second-order valence-electron chi connectivity index (χ2n) is 8.06. The number of alkyl halides is 3. The van der Waals surface area contributed by atoms with E-state index < -0.39 is 36.9 Å². The van der Waals surface area contributed by atoms with Gasteiger partial charge in [0.1, 0.15) is 34.7 Å². The summed E-state index contributed by atoms with van der Waals surface area (Å²) in [5.74, 6) is -0.0679. The molecule has 0 aliphatic heterocycles. The number of methoxy groups -OCH3 is 1. The fourth-order valence-corrected chi connectivity index (χ4v) is 5.09. The second kappa shape index (κ2) is 9.49. The average molecular weight is 500 g/mol. The van der Waals surface area contributed by atoms with Crippen LogP contribution < -0.4 is 15.4 Å². The molecule has 2 aromatic heterocycles. The highest BCUT2D eigenvalue weighted by Crippen LogP contribution is 2.40. The van der Waals surface area contributed by atoms with E-state index in [0.29, 0.717) is 27.5 Å². The summed E-state index contributed by atoms with van der Waals surface area (Å²) in [6.07, 6.45) is -6.58. The molecule has 34 heavy (non-hydrogen) atoms. The number of hydrogen-bond donors (Lipinski definition) is 5. The number of hydrogen-bond acceptors (Lipinski definition) is 10. The number of para-hydroxylation sites is 1. The zero-order valence-corrected chi connectivity index (χ0v) is 19.1.